The number of nitrogens with one attached hydrogen (secondary N) is 1. The molecule has 1 saturated heterocycles. The molecule has 0 bridgehead atoms. The average molecular weight is 238 g/mol. The fourth-order valence-electron chi connectivity index (χ4n) is 2.19. The van der Waals surface area contributed by atoms with Crippen molar-refractivity contribution in [2.24, 2.45) is 0 Å². The first-order valence-corrected chi connectivity index (χ1v) is 6.39. The summed E-state index contributed by atoms with van der Waals surface area (Å²) in [5.74, 6) is 1.73. The van der Waals surface area contributed by atoms with Gasteiger partial charge in [-0.1, -0.05) is 0 Å². The van der Waals surface area contributed by atoms with Crippen LogP contribution < -0.4 is 5.69 Å². The van der Waals surface area contributed by atoms with Gasteiger partial charge in [0.25, 0.3) is 0 Å². The van der Waals surface area contributed by atoms with Crippen molar-refractivity contribution in [3.8, 4) is 0 Å². The van der Waals surface area contributed by atoms with Crippen molar-refractivity contribution in [1.82, 2.24) is 9.55 Å². The van der Waals surface area contributed by atoms with Crippen molar-refractivity contribution in [2.75, 3.05) is 11.5 Å². The number of aromatic amines is 1. The highest BCUT2D eigenvalue weighted by molar-refractivity contribution is 7.99. The predicted octanol–water partition coefficient (Wildman–Crippen LogP) is 2.15. The Morgan fingerprint density at radius 1 is 1.50 bits per heavy atom. The standard InChI is InChI=1S/C11H11FN2OS/c12-7-1-2-10-9(5-7)13-11(15)14(10)8-3-4-16-6-8/h1-2,5,8H,3-4,6H2,(H,13,15). The van der Waals surface area contributed by atoms with Crippen LogP contribution in [-0.2, 0) is 0 Å². The van der Waals surface area contributed by atoms with Crippen LogP contribution >= 0.6 is 11.8 Å². The maximum absolute atomic E-state index is 13.0. The first-order chi connectivity index (χ1) is 7.75. The van der Waals surface area contributed by atoms with Gasteiger partial charge in [0.05, 0.1) is 11.0 Å². The van der Waals surface area contributed by atoms with Crippen molar-refractivity contribution in [1.29, 1.82) is 0 Å². The first-order valence-electron chi connectivity index (χ1n) is 5.23. The highest BCUT2D eigenvalue weighted by Gasteiger charge is 2.21. The number of imidazole rings is 1. The smallest absolute Gasteiger partial charge is 0.305 e. The molecule has 16 heavy (non-hydrogen) atoms. The Morgan fingerprint density at radius 3 is 3.12 bits per heavy atom. The van der Waals surface area contributed by atoms with Gasteiger partial charge in [0.15, 0.2) is 0 Å². The summed E-state index contributed by atoms with van der Waals surface area (Å²) < 4.78 is 14.8. The maximum Gasteiger partial charge on any atom is 0.326 e. The minimum absolute atomic E-state index is 0.131. The average Bonchev–Trinajstić information content (AvgIpc) is 2.83. The molecule has 1 atom stereocenters. The molecule has 1 aromatic heterocycles. The zero-order valence-corrected chi connectivity index (χ0v) is 9.39. The largest absolute Gasteiger partial charge is 0.326 e. The van der Waals surface area contributed by atoms with E-state index in [2.05, 4.69) is 4.98 Å². The summed E-state index contributed by atoms with van der Waals surface area (Å²) in [5.41, 5.74) is 1.26. The number of H-pyrrole nitrogens is 1. The summed E-state index contributed by atoms with van der Waals surface area (Å²) in [4.78, 5) is 14.5. The normalized spacial score (nSPS) is 20.7. The second-order valence-electron chi connectivity index (χ2n) is 3.98. The molecule has 0 radical (unpaired) electrons. The molecule has 1 aromatic carbocycles. The molecular weight excluding hydrogens is 227 g/mol. The minimum atomic E-state index is -0.318. The third kappa shape index (κ3) is 1.46. The minimum Gasteiger partial charge on any atom is -0.305 e. The van der Waals surface area contributed by atoms with Crippen LogP contribution in [0.2, 0.25) is 0 Å². The monoisotopic (exact) mass is 238 g/mol. The van der Waals surface area contributed by atoms with Gasteiger partial charge >= 0.3 is 5.69 Å². The molecule has 0 spiro atoms. The Kier molecular flexibility index (Phi) is 2.28. The number of thioether (sulfide) groups is 1. The van der Waals surface area contributed by atoms with E-state index in [1.165, 1.54) is 12.1 Å². The summed E-state index contributed by atoms with van der Waals surface area (Å²) in [7, 11) is 0. The number of benzene rings is 1. The highest BCUT2D eigenvalue weighted by Crippen LogP contribution is 2.29. The van der Waals surface area contributed by atoms with Gasteiger partial charge in [-0.3, -0.25) is 4.57 Å². The molecule has 1 unspecified atom stereocenters. The van der Waals surface area contributed by atoms with Crippen LogP contribution in [0.15, 0.2) is 23.0 Å². The van der Waals surface area contributed by atoms with Gasteiger partial charge < -0.3 is 4.98 Å². The molecule has 3 rings (SSSR count). The van der Waals surface area contributed by atoms with Gasteiger partial charge in [-0.15, -0.1) is 0 Å². The number of hydrogen-bond acceptors (Lipinski definition) is 2. The van der Waals surface area contributed by atoms with Crippen LogP contribution in [0, 0.1) is 5.82 Å². The van der Waals surface area contributed by atoms with Crippen molar-refractivity contribution in [3.63, 3.8) is 0 Å². The van der Waals surface area contributed by atoms with Gasteiger partial charge in [-0.2, -0.15) is 11.8 Å². The van der Waals surface area contributed by atoms with E-state index in [-0.39, 0.29) is 17.5 Å². The first kappa shape index (κ1) is 9.96. The number of aromatic nitrogens is 2. The number of fused-ring (bicyclic) bond motifs is 1. The second-order valence-corrected chi connectivity index (χ2v) is 5.13. The van der Waals surface area contributed by atoms with Gasteiger partial charge in [0.1, 0.15) is 5.82 Å². The summed E-state index contributed by atoms with van der Waals surface area (Å²) in [6.45, 7) is 0. The number of hydrogen-bond donors (Lipinski definition) is 1. The van der Waals surface area contributed by atoms with Crippen molar-refractivity contribution in [2.45, 2.75) is 12.5 Å². The topological polar surface area (TPSA) is 37.8 Å². The van der Waals surface area contributed by atoms with E-state index in [1.54, 1.807) is 10.6 Å². The molecule has 5 heteroatoms. The van der Waals surface area contributed by atoms with Crippen LogP contribution in [0.25, 0.3) is 11.0 Å². The lowest BCUT2D eigenvalue weighted by molar-refractivity contribution is 0.558. The van der Waals surface area contributed by atoms with Crippen LogP contribution in [0.4, 0.5) is 4.39 Å². The highest BCUT2D eigenvalue weighted by atomic mass is 32.2. The second kappa shape index (κ2) is 3.66. The lowest BCUT2D eigenvalue weighted by Gasteiger charge is -2.09. The summed E-state index contributed by atoms with van der Waals surface area (Å²) in [6.07, 6.45) is 1.01. The molecule has 84 valence electrons. The molecule has 3 nitrogen and oxygen atoms in total. The Bertz CT molecular complexity index is 583. The van der Waals surface area contributed by atoms with Crippen molar-refractivity contribution >= 4 is 22.8 Å². The van der Waals surface area contributed by atoms with Gasteiger partial charge in [0.2, 0.25) is 0 Å². The zero-order valence-electron chi connectivity index (χ0n) is 8.57. The maximum atomic E-state index is 13.0. The molecular formula is C11H11FN2OS. The zero-order chi connectivity index (χ0) is 11.1. The molecule has 0 amide bonds. The predicted molar refractivity (Wildman–Crippen MR) is 63.5 cm³/mol. The van der Waals surface area contributed by atoms with E-state index in [4.69, 9.17) is 0 Å². The van der Waals surface area contributed by atoms with E-state index >= 15 is 0 Å². The van der Waals surface area contributed by atoms with Crippen LogP contribution in [0.5, 0.6) is 0 Å². The molecule has 0 aliphatic carbocycles. The molecule has 1 N–H and O–H groups in total. The van der Waals surface area contributed by atoms with Crippen molar-refractivity contribution in [3.05, 3.63) is 34.5 Å². The quantitative estimate of drug-likeness (QED) is 0.826. The van der Waals surface area contributed by atoms with E-state index in [9.17, 15) is 9.18 Å². The van der Waals surface area contributed by atoms with E-state index in [1.807, 2.05) is 11.8 Å². The Labute approximate surface area is 95.7 Å². The fraction of sp³-hybridized carbons (Fsp3) is 0.364. The number of nitrogens with zero attached hydrogens (tertiary/aromatic N) is 1. The molecule has 2 aromatic rings. The van der Waals surface area contributed by atoms with E-state index < -0.39 is 0 Å². The lowest BCUT2D eigenvalue weighted by atomic mass is 10.2. The number of halogens is 1. The Hall–Kier alpha value is -1.23. The van der Waals surface area contributed by atoms with Crippen molar-refractivity contribution < 1.29 is 4.39 Å². The van der Waals surface area contributed by atoms with Crippen LogP contribution in [0.3, 0.4) is 0 Å². The Morgan fingerprint density at radius 2 is 2.38 bits per heavy atom. The number of rotatable bonds is 1. The SMILES string of the molecule is O=c1[nH]c2cc(F)ccc2n1C1CCSC1. The lowest BCUT2D eigenvalue weighted by Crippen LogP contribution is -2.21. The molecule has 1 aliphatic rings. The van der Waals surface area contributed by atoms with E-state index in [0.717, 1.165) is 23.4 Å². The van der Waals surface area contributed by atoms with E-state index in [0.29, 0.717) is 5.52 Å². The Balaban J connectivity index is 2.23. The molecule has 2 heterocycles. The van der Waals surface area contributed by atoms with Gasteiger partial charge in [-0.05, 0) is 30.4 Å². The molecule has 0 saturated carbocycles. The molecule has 1 aliphatic heterocycles. The summed E-state index contributed by atoms with van der Waals surface area (Å²) in [6, 6.07) is 4.69. The third-order valence-electron chi connectivity index (χ3n) is 2.95. The fourth-order valence-corrected chi connectivity index (χ4v) is 3.38. The summed E-state index contributed by atoms with van der Waals surface area (Å²) in [5, 5.41) is 0. The summed E-state index contributed by atoms with van der Waals surface area (Å²) >= 11 is 1.85. The van der Waals surface area contributed by atoms with Gasteiger partial charge in [0, 0.05) is 11.8 Å². The third-order valence-corrected chi connectivity index (χ3v) is 4.09. The molecule has 1 fully saturated rings. The van der Waals surface area contributed by atoms with Crippen LogP contribution in [0.1, 0.15) is 12.5 Å². The van der Waals surface area contributed by atoms with Crippen LogP contribution in [-0.4, -0.2) is 21.1 Å². The van der Waals surface area contributed by atoms with Gasteiger partial charge in [-0.25, -0.2) is 9.18 Å².